The molecule has 8 heteroatoms. The third-order valence-electron chi connectivity index (χ3n) is 4.67. The number of aliphatic hydroxyl groups excluding tert-OH is 1. The molecule has 1 N–H and O–H groups in total. The molecule has 1 atom stereocenters. The standard InChI is InChI=1S/C17H17N5O3/c1-18-17(6-7-17)12-2-4-14(5-3-12)22-10-15(25-16(22)24)9-21-8-13(11-23)19-20-21/h2-5,8,15,23H,6-7,9-11H2. The van der Waals surface area contributed by atoms with Crippen molar-refractivity contribution in [3.8, 4) is 0 Å². The molecule has 2 aliphatic rings. The van der Waals surface area contributed by atoms with Crippen molar-refractivity contribution in [1.82, 2.24) is 15.0 Å². The monoisotopic (exact) mass is 339 g/mol. The van der Waals surface area contributed by atoms with Crippen LogP contribution in [0, 0.1) is 6.57 Å². The van der Waals surface area contributed by atoms with Gasteiger partial charge >= 0.3 is 6.09 Å². The molecule has 1 aliphatic heterocycles. The van der Waals surface area contributed by atoms with Gasteiger partial charge in [0.2, 0.25) is 0 Å². The number of hydrogen-bond donors (Lipinski definition) is 1. The Morgan fingerprint density at radius 3 is 2.72 bits per heavy atom. The Kier molecular flexibility index (Phi) is 3.66. The zero-order chi connectivity index (χ0) is 17.4. The van der Waals surface area contributed by atoms with Gasteiger partial charge in [-0.1, -0.05) is 5.21 Å². The SMILES string of the molecule is [C-]#[N+]C1(c2ccc(N3CC(Cn4cc(CO)nn4)OC3=O)cc2)CC1. The van der Waals surface area contributed by atoms with Gasteiger partial charge in [-0.05, 0) is 24.3 Å². The van der Waals surface area contributed by atoms with E-state index in [0.717, 1.165) is 24.1 Å². The van der Waals surface area contributed by atoms with E-state index in [-0.39, 0.29) is 18.2 Å². The van der Waals surface area contributed by atoms with E-state index in [1.807, 2.05) is 24.3 Å². The van der Waals surface area contributed by atoms with Crippen molar-refractivity contribution in [2.75, 3.05) is 11.4 Å². The molecule has 25 heavy (non-hydrogen) atoms. The van der Waals surface area contributed by atoms with Gasteiger partial charge in [-0.2, -0.15) is 0 Å². The van der Waals surface area contributed by atoms with Gasteiger partial charge in [0.05, 0.1) is 25.9 Å². The Hall–Kier alpha value is -2.92. The van der Waals surface area contributed by atoms with E-state index in [2.05, 4.69) is 15.2 Å². The fourth-order valence-electron chi connectivity index (χ4n) is 3.07. The van der Waals surface area contributed by atoms with E-state index < -0.39 is 6.09 Å². The molecule has 4 rings (SSSR count). The smallest absolute Gasteiger partial charge is 0.414 e. The van der Waals surface area contributed by atoms with Crippen LogP contribution in [0.3, 0.4) is 0 Å². The van der Waals surface area contributed by atoms with Gasteiger partial charge in [-0.3, -0.25) is 4.90 Å². The lowest BCUT2D eigenvalue weighted by atomic mass is 10.1. The Morgan fingerprint density at radius 1 is 1.36 bits per heavy atom. The molecule has 1 aromatic carbocycles. The number of aliphatic hydroxyl groups is 1. The van der Waals surface area contributed by atoms with E-state index in [1.54, 1.807) is 15.8 Å². The van der Waals surface area contributed by atoms with Crippen LogP contribution in [-0.4, -0.2) is 38.8 Å². The summed E-state index contributed by atoms with van der Waals surface area (Å²) in [7, 11) is 0. The van der Waals surface area contributed by atoms with Crippen molar-refractivity contribution in [3.63, 3.8) is 0 Å². The summed E-state index contributed by atoms with van der Waals surface area (Å²) >= 11 is 0. The summed E-state index contributed by atoms with van der Waals surface area (Å²) in [5.74, 6) is 0. The summed E-state index contributed by atoms with van der Waals surface area (Å²) in [6.07, 6.45) is 2.70. The fraction of sp³-hybridized carbons (Fsp3) is 0.412. The first-order valence-electron chi connectivity index (χ1n) is 8.11. The second-order valence-electron chi connectivity index (χ2n) is 6.40. The molecule has 8 nitrogen and oxygen atoms in total. The fourth-order valence-corrected chi connectivity index (χ4v) is 3.07. The van der Waals surface area contributed by atoms with Crippen molar-refractivity contribution < 1.29 is 14.6 Å². The molecule has 2 aromatic rings. The summed E-state index contributed by atoms with van der Waals surface area (Å²) in [4.78, 5) is 17.5. The van der Waals surface area contributed by atoms with Gasteiger partial charge in [0.1, 0.15) is 11.8 Å². The maximum absolute atomic E-state index is 12.2. The van der Waals surface area contributed by atoms with E-state index in [9.17, 15) is 4.79 Å². The van der Waals surface area contributed by atoms with Gasteiger partial charge in [-0.25, -0.2) is 16.0 Å². The van der Waals surface area contributed by atoms with Crippen LogP contribution < -0.4 is 4.90 Å². The number of amides is 1. The predicted molar refractivity (Wildman–Crippen MR) is 87.5 cm³/mol. The van der Waals surface area contributed by atoms with Crippen LogP contribution >= 0.6 is 0 Å². The average molecular weight is 339 g/mol. The van der Waals surface area contributed by atoms with Crippen LogP contribution in [0.4, 0.5) is 10.5 Å². The second-order valence-corrected chi connectivity index (χ2v) is 6.40. The maximum Gasteiger partial charge on any atom is 0.414 e. The largest absolute Gasteiger partial charge is 0.442 e. The summed E-state index contributed by atoms with van der Waals surface area (Å²) < 4.78 is 6.95. The molecule has 0 radical (unpaired) electrons. The third-order valence-corrected chi connectivity index (χ3v) is 4.67. The van der Waals surface area contributed by atoms with Crippen molar-refractivity contribution in [2.24, 2.45) is 0 Å². The molecule has 1 amide bonds. The lowest BCUT2D eigenvalue weighted by Crippen LogP contribution is -2.26. The molecule has 1 aliphatic carbocycles. The van der Waals surface area contributed by atoms with Crippen LogP contribution in [-0.2, 0) is 23.4 Å². The highest BCUT2D eigenvalue weighted by Gasteiger charge is 2.52. The molecule has 1 saturated carbocycles. The number of nitrogens with zero attached hydrogens (tertiary/aromatic N) is 5. The number of carbonyl (C=O) groups is 1. The number of ether oxygens (including phenoxy) is 1. The van der Waals surface area contributed by atoms with Crippen molar-refractivity contribution in [1.29, 1.82) is 0 Å². The Bertz CT molecular complexity index is 835. The van der Waals surface area contributed by atoms with Crippen molar-refractivity contribution in [3.05, 3.63) is 53.1 Å². The van der Waals surface area contributed by atoms with Gasteiger partial charge < -0.3 is 14.7 Å². The highest BCUT2D eigenvalue weighted by molar-refractivity contribution is 5.89. The van der Waals surface area contributed by atoms with Crippen molar-refractivity contribution in [2.45, 2.75) is 37.6 Å². The molecule has 2 heterocycles. The molecule has 1 unspecified atom stereocenters. The van der Waals surface area contributed by atoms with Crippen LogP contribution in [0.2, 0.25) is 0 Å². The number of rotatable bonds is 5. The lowest BCUT2D eigenvalue weighted by molar-refractivity contribution is 0.129. The quantitative estimate of drug-likeness (QED) is 0.838. The first-order valence-corrected chi connectivity index (χ1v) is 8.11. The van der Waals surface area contributed by atoms with Gasteiger partial charge in [-0.15, -0.1) is 5.10 Å². The minimum atomic E-state index is -0.397. The van der Waals surface area contributed by atoms with Crippen LogP contribution in [0.1, 0.15) is 24.1 Å². The van der Waals surface area contributed by atoms with Gasteiger partial charge in [0.25, 0.3) is 5.54 Å². The topological polar surface area (TPSA) is 84.8 Å². The first-order chi connectivity index (χ1) is 12.1. The highest BCUT2D eigenvalue weighted by atomic mass is 16.6. The number of carbonyl (C=O) groups excluding carboxylic acids is 1. The molecule has 0 spiro atoms. The average Bonchev–Trinajstić information content (AvgIpc) is 3.17. The van der Waals surface area contributed by atoms with Gasteiger partial charge in [0.15, 0.2) is 0 Å². The minimum absolute atomic E-state index is 0.172. The molecule has 1 saturated heterocycles. The van der Waals surface area contributed by atoms with E-state index >= 15 is 0 Å². The van der Waals surface area contributed by atoms with Crippen LogP contribution in [0.15, 0.2) is 30.5 Å². The third kappa shape index (κ3) is 2.83. The Balaban J connectivity index is 1.44. The normalized spacial score (nSPS) is 21.0. The molecule has 1 aromatic heterocycles. The van der Waals surface area contributed by atoms with Crippen LogP contribution in [0.5, 0.6) is 0 Å². The van der Waals surface area contributed by atoms with Gasteiger partial charge in [0, 0.05) is 24.1 Å². The molecule has 0 bridgehead atoms. The molecule has 128 valence electrons. The van der Waals surface area contributed by atoms with E-state index in [4.69, 9.17) is 16.4 Å². The second kappa shape index (κ2) is 5.86. The first kappa shape index (κ1) is 15.6. The minimum Gasteiger partial charge on any atom is -0.442 e. The molecular formula is C17H17N5O3. The summed E-state index contributed by atoms with van der Waals surface area (Å²) in [6, 6.07) is 7.57. The molecular weight excluding hydrogens is 322 g/mol. The predicted octanol–water partition coefficient (Wildman–Crippen LogP) is 1.70. The maximum atomic E-state index is 12.2. The summed E-state index contributed by atoms with van der Waals surface area (Å²) in [5.41, 5.74) is 1.90. The molecule has 2 fully saturated rings. The number of benzene rings is 1. The Labute approximate surface area is 144 Å². The number of hydrogen-bond acceptors (Lipinski definition) is 5. The van der Waals surface area contributed by atoms with Crippen molar-refractivity contribution >= 4 is 11.8 Å². The number of aromatic nitrogens is 3. The highest BCUT2D eigenvalue weighted by Crippen LogP contribution is 2.49. The Morgan fingerprint density at radius 2 is 2.12 bits per heavy atom. The van der Waals surface area contributed by atoms with E-state index in [0.29, 0.717) is 18.8 Å². The van der Waals surface area contributed by atoms with Crippen LogP contribution in [0.25, 0.3) is 4.85 Å². The number of cyclic esters (lactones) is 1. The number of anilines is 1. The van der Waals surface area contributed by atoms with E-state index in [1.165, 1.54) is 0 Å². The summed E-state index contributed by atoms with van der Waals surface area (Å²) in [5, 5.41) is 16.7. The zero-order valence-corrected chi connectivity index (χ0v) is 13.5. The summed E-state index contributed by atoms with van der Waals surface area (Å²) in [6.45, 7) is 7.95. The zero-order valence-electron chi connectivity index (χ0n) is 13.5. The lowest BCUT2D eigenvalue weighted by Gasteiger charge is -2.13.